The summed E-state index contributed by atoms with van der Waals surface area (Å²) in [5.41, 5.74) is 3.98. The molecule has 0 aliphatic carbocycles. The van der Waals surface area contributed by atoms with Crippen molar-refractivity contribution in [2.24, 2.45) is 0 Å². The van der Waals surface area contributed by atoms with Gasteiger partial charge in [-0.1, -0.05) is 29.4 Å². The molecule has 0 saturated carbocycles. The number of carboxylic acid groups (broad SMARTS) is 1. The number of hydrogen-bond acceptors (Lipinski definition) is 5. The number of hydrogen-bond donors (Lipinski definition) is 2. The van der Waals surface area contributed by atoms with E-state index >= 15 is 0 Å². The van der Waals surface area contributed by atoms with E-state index in [0.717, 1.165) is 22.3 Å². The third kappa shape index (κ3) is 2.97. The van der Waals surface area contributed by atoms with Gasteiger partial charge in [0.15, 0.2) is 0 Å². The highest BCUT2D eigenvalue weighted by atomic mass is 16.5. The summed E-state index contributed by atoms with van der Waals surface area (Å²) in [5.74, 6) is -0.351. The molecule has 116 valence electrons. The Morgan fingerprint density at radius 3 is 2.39 bits per heavy atom. The van der Waals surface area contributed by atoms with Gasteiger partial charge in [-0.2, -0.15) is 4.98 Å². The number of aliphatic hydroxyl groups is 1. The molecule has 1 heterocycles. The zero-order valence-electron chi connectivity index (χ0n) is 12.4. The molecule has 0 bridgehead atoms. The number of aryl methyl sites for hydroxylation is 1. The molecule has 0 aliphatic heterocycles. The Balaban J connectivity index is 1.94. The highest BCUT2D eigenvalue weighted by molar-refractivity contribution is 5.88. The van der Waals surface area contributed by atoms with Crippen molar-refractivity contribution in [1.82, 2.24) is 10.1 Å². The lowest BCUT2D eigenvalue weighted by Gasteiger charge is -2.08. The molecule has 6 heteroatoms. The van der Waals surface area contributed by atoms with E-state index in [0.29, 0.717) is 5.82 Å². The van der Waals surface area contributed by atoms with Gasteiger partial charge < -0.3 is 14.7 Å². The van der Waals surface area contributed by atoms with Crippen molar-refractivity contribution in [3.63, 3.8) is 0 Å². The maximum absolute atomic E-state index is 10.9. The second-order valence-electron chi connectivity index (χ2n) is 5.08. The summed E-state index contributed by atoms with van der Waals surface area (Å²) in [6, 6.07) is 12.4. The van der Waals surface area contributed by atoms with E-state index in [1.54, 1.807) is 24.3 Å². The largest absolute Gasteiger partial charge is 0.478 e. The summed E-state index contributed by atoms with van der Waals surface area (Å²) >= 11 is 0. The van der Waals surface area contributed by atoms with Gasteiger partial charge in [0, 0.05) is 5.56 Å². The van der Waals surface area contributed by atoms with Crippen molar-refractivity contribution in [3.05, 3.63) is 59.5 Å². The van der Waals surface area contributed by atoms with Crippen LogP contribution in [0.25, 0.3) is 22.5 Å². The Morgan fingerprint density at radius 2 is 1.83 bits per heavy atom. The molecular weight excluding hydrogens is 296 g/mol. The van der Waals surface area contributed by atoms with Crippen LogP contribution in [0.4, 0.5) is 0 Å². The molecule has 0 fully saturated rings. The first kappa shape index (κ1) is 14.9. The molecule has 2 N–H and O–H groups in total. The van der Waals surface area contributed by atoms with E-state index in [1.807, 2.05) is 25.1 Å². The van der Waals surface area contributed by atoms with Crippen LogP contribution in [0, 0.1) is 6.92 Å². The Hall–Kier alpha value is -2.99. The van der Waals surface area contributed by atoms with Gasteiger partial charge >= 0.3 is 5.97 Å². The van der Waals surface area contributed by atoms with Gasteiger partial charge in [0.05, 0.1) is 5.56 Å². The fraction of sp³-hybridized carbons (Fsp3) is 0.118. The predicted molar refractivity (Wildman–Crippen MR) is 82.8 cm³/mol. The van der Waals surface area contributed by atoms with Crippen molar-refractivity contribution in [3.8, 4) is 22.5 Å². The average molecular weight is 310 g/mol. The van der Waals surface area contributed by atoms with Crippen LogP contribution in [-0.2, 0) is 6.61 Å². The van der Waals surface area contributed by atoms with Crippen LogP contribution in [0.2, 0.25) is 0 Å². The van der Waals surface area contributed by atoms with Gasteiger partial charge in [0.25, 0.3) is 5.89 Å². The Bertz CT molecular complexity index is 853. The van der Waals surface area contributed by atoms with E-state index in [9.17, 15) is 4.79 Å². The minimum absolute atomic E-state index is 0.172. The minimum Gasteiger partial charge on any atom is -0.478 e. The van der Waals surface area contributed by atoms with Crippen molar-refractivity contribution in [1.29, 1.82) is 0 Å². The molecule has 6 nitrogen and oxygen atoms in total. The number of aliphatic hydroxyl groups excluding tert-OH is 1. The van der Waals surface area contributed by atoms with Crippen LogP contribution in [0.5, 0.6) is 0 Å². The summed E-state index contributed by atoms with van der Waals surface area (Å²) in [5, 5.41) is 21.7. The molecule has 3 aromatic rings. The second-order valence-corrected chi connectivity index (χ2v) is 5.08. The lowest BCUT2D eigenvalue weighted by atomic mass is 9.97. The topological polar surface area (TPSA) is 96.5 Å². The van der Waals surface area contributed by atoms with Gasteiger partial charge in [-0.15, -0.1) is 0 Å². The minimum atomic E-state index is -0.944. The number of carbonyl (C=O) groups is 1. The quantitative estimate of drug-likeness (QED) is 0.769. The second kappa shape index (κ2) is 6.02. The van der Waals surface area contributed by atoms with Crippen LogP contribution in [0.3, 0.4) is 0 Å². The SMILES string of the molecule is Cc1cc(-c2noc(CO)n2)ccc1-c1ccc(C(=O)O)cc1. The summed E-state index contributed by atoms with van der Waals surface area (Å²) < 4.78 is 4.89. The molecule has 0 saturated heterocycles. The molecule has 3 rings (SSSR count). The number of carboxylic acids is 1. The van der Waals surface area contributed by atoms with Crippen molar-refractivity contribution in [2.75, 3.05) is 0 Å². The monoisotopic (exact) mass is 310 g/mol. The lowest BCUT2D eigenvalue weighted by Crippen LogP contribution is -1.95. The fourth-order valence-electron chi connectivity index (χ4n) is 2.36. The predicted octanol–water partition coefficient (Wildman–Crippen LogP) is 2.90. The van der Waals surface area contributed by atoms with Crippen molar-refractivity contribution >= 4 is 5.97 Å². The molecule has 1 aromatic heterocycles. The van der Waals surface area contributed by atoms with E-state index in [4.69, 9.17) is 14.7 Å². The van der Waals surface area contributed by atoms with Gasteiger partial charge in [-0.3, -0.25) is 0 Å². The van der Waals surface area contributed by atoms with Crippen molar-refractivity contribution in [2.45, 2.75) is 13.5 Å². The Labute approximate surface area is 132 Å². The average Bonchev–Trinajstić information content (AvgIpc) is 3.04. The first-order valence-electron chi connectivity index (χ1n) is 6.96. The van der Waals surface area contributed by atoms with Gasteiger partial charge in [0.1, 0.15) is 6.61 Å². The van der Waals surface area contributed by atoms with Crippen LogP contribution >= 0.6 is 0 Å². The highest BCUT2D eigenvalue weighted by Gasteiger charge is 2.10. The molecule has 0 unspecified atom stereocenters. The zero-order valence-corrected chi connectivity index (χ0v) is 12.4. The standard InChI is InChI=1S/C17H14N2O4/c1-10-8-13(16-18-15(9-20)23-19-16)6-7-14(10)11-2-4-12(5-3-11)17(21)22/h2-8,20H,9H2,1H3,(H,21,22). The van der Waals surface area contributed by atoms with E-state index < -0.39 is 5.97 Å². The van der Waals surface area contributed by atoms with E-state index in [-0.39, 0.29) is 18.1 Å². The number of aromatic nitrogens is 2. The first-order valence-corrected chi connectivity index (χ1v) is 6.96. The maximum Gasteiger partial charge on any atom is 0.335 e. The van der Waals surface area contributed by atoms with Gasteiger partial charge in [-0.05, 0) is 41.8 Å². The summed E-state index contributed by atoms with van der Waals surface area (Å²) in [4.78, 5) is 15.0. The van der Waals surface area contributed by atoms with Gasteiger partial charge in [0.2, 0.25) is 5.82 Å². The Kier molecular flexibility index (Phi) is 3.91. The molecule has 0 aliphatic rings. The number of rotatable bonds is 4. The van der Waals surface area contributed by atoms with Crippen molar-refractivity contribution < 1.29 is 19.5 Å². The van der Waals surface area contributed by atoms with Gasteiger partial charge in [-0.25, -0.2) is 4.79 Å². The molecule has 2 aromatic carbocycles. The zero-order chi connectivity index (χ0) is 16.4. The third-order valence-corrected chi connectivity index (χ3v) is 3.53. The lowest BCUT2D eigenvalue weighted by molar-refractivity contribution is 0.0697. The number of aromatic carboxylic acids is 1. The third-order valence-electron chi connectivity index (χ3n) is 3.53. The maximum atomic E-state index is 10.9. The normalized spacial score (nSPS) is 10.7. The molecular formula is C17H14N2O4. The number of benzene rings is 2. The molecule has 0 spiro atoms. The summed E-state index contributed by atoms with van der Waals surface area (Å²) in [6.07, 6.45) is 0. The van der Waals surface area contributed by atoms with Crippen LogP contribution in [0.15, 0.2) is 47.0 Å². The Morgan fingerprint density at radius 1 is 1.13 bits per heavy atom. The van der Waals surface area contributed by atoms with E-state index in [1.165, 1.54) is 0 Å². The molecule has 23 heavy (non-hydrogen) atoms. The van der Waals surface area contributed by atoms with E-state index in [2.05, 4.69) is 10.1 Å². The molecule has 0 amide bonds. The molecule has 0 radical (unpaired) electrons. The fourth-order valence-corrected chi connectivity index (χ4v) is 2.36. The van der Waals surface area contributed by atoms with Crippen LogP contribution in [-0.4, -0.2) is 26.3 Å². The first-order chi connectivity index (χ1) is 11.1. The summed E-state index contributed by atoms with van der Waals surface area (Å²) in [6.45, 7) is 1.66. The number of nitrogens with zero attached hydrogens (tertiary/aromatic N) is 2. The van der Waals surface area contributed by atoms with Crippen LogP contribution < -0.4 is 0 Å². The van der Waals surface area contributed by atoms with Crippen LogP contribution in [0.1, 0.15) is 21.8 Å². The smallest absolute Gasteiger partial charge is 0.335 e. The summed E-state index contributed by atoms with van der Waals surface area (Å²) in [7, 11) is 0. The molecule has 0 atom stereocenters. The highest BCUT2D eigenvalue weighted by Crippen LogP contribution is 2.27.